The van der Waals surface area contributed by atoms with Gasteiger partial charge in [-0.25, -0.2) is 4.98 Å². The van der Waals surface area contributed by atoms with Gasteiger partial charge in [0.1, 0.15) is 0 Å². The van der Waals surface area contributed by atoms with E-state index in [1.807, 2.05) is 0 Å². The Labute approximate surface area is 115 Å². The second-order valence-electron chi connectivity index (χ2n) is 5.80. The van der Waals surface area contributed by atoms with Crippen LogP contribution < -0.4 is 5.32 Å². The van der Waals surface area contributed by atoms with E-state index in [4.69, 9.17) is 0 Å². The smallest absolute Gasteiger partial charge is 0.0897 e. The third-order valence-corrected chi connectivity index (χ3v) is 4.88. The van der Waals surface area contributed by atoms with Crippen LogP contribution in [0.25, 0.3) is 0 Å². The lowest BCUT2D eigenvalue weighted by Crippen LogP contribution is -2.37. The zero-order chi connectivity index (χ0) is 13.0. The summed E-state index contributed by atoms with van der Waals surface area (Å²) in [5.41, 5.74) is 1.28. The molecule has 0 bridgehead atoms. The highest BCUT2D eigenvalue weighted by Crippen LogP contribution is 2.33. The fraction of sp³-hybridized carbons (Fsp3) is 0.800. The van der Waals surface area contributed by atoms with Crippen molar-refractivity contribution in [1.29, 1.82) is 0 Å². The van der Waals surface area contributed by atoms with E-state index in [2.05, 4.69) is 36.5 Å². The average molecular weight is 266 g/mol. The van der Waals surface area contributed by atoms with Crippen molar-refractivity contribution in [3.63, 3.8) is 0 Å². The van der Waals surface area contributed by atoms with E-state index in [0.717, 1.165) is 24.8 Å². The normalized spacial score (nSPS) is 25.5. The number of aromatic nitrogens is 1. The summed E-state index contributed by atoms with van der Waals surface area (Å²) in [6, 6.07) is 0.636. The van der Waals surface area contributed by atoms with Crippen LogP contribution >= 0.6 is 11.3 Å². The molecule has 1 aliphatic rings. The summed E-state index contributed by atoms with van der Waals surface area (Å²) in [5, 5.41) is 7.18. The first-order valence-electron chi connectivity index (χ1n) is 7.33. The van der Waals surface area contributed by atoms with Crippen molar-refractivity contribution in [2.45, 2.75) is 58.9 Å². The Kier molecular flexibility index (Phi) is 5.19. The maximum atomic E-state index is 4.63. The molecule has 1 aliphatic carbocycles. The maximum Gasteiger partial charge on any atom is 0.0897 e. The lowest BCUT2D eigenvalue weighted by molar-refractivity contribution is 0.347. The summed E-state index contributed by atoms with van der Waals surface area (Å²) in [6.45, 7) is 7.87. The van der Waals surface area contributed by atoms with Crippen LogP contribution in [-0.2, 0) is 6.42 Å². The molecule has 2 rings (SSSR count). The number of nitrogens with zero attached hydrogens (tertiary/aromatic N) is 1. The van der Waals surface area contributed by atoms with Gasteiger partial charge in [0.2, 0.25) is 0 Å². The van der Waals surface area contributed by atoms with Gasteiger partial charge in [0.05, 0.1) is 10.7 Å². The van der Waals surface area contributed by atoms with E-state index >= 15 is 0 Å². The maximum absolute atomic E-state index is 4.63. The molecule has 0 radical (unpaired) electrons. The Balaban J connectivity index is 1.96. The van der Waals surface area contributed by atoms with Crippen molar-refractivity contribution < 1.29 is 0 Å². The van der Waals surface area contributed by atoms with Gasteiger partial charge in [-0.2, -0.15) is 0 Å². The largest absolute Gasteiger partial charge is 0.313 e. The first kappa shape index (κ1) is 14.0. The van der Waals surface area contributed by atoms with Crippen molar-refractivity contribution in [3.8, 4) is 0 Å². The molecular weight excluding hydrogens is 240 g/mol. The number of hydrogen-bond acceptors (Lipinski definition) is 3. The number of hydrogen-bond donors (Lipinski definition) is 1. The van der Waals surface area contributed by atoms with Crippen LogP contribution in [-0.4, -0.2) is 17.6 Å². The Morgan fingerprint density at radius 2 is 2.33 bits per heavy atom. The quantitative estimate of drug-likeness (QED) is 0.847. The lowest BCUT2D eigenvalue weighted by Gasteiger charge is -2.24. The second kappa shape index (κ2) is 6.67. The summed E-state index contributed by atoms with van der Waals surface area (Å²) in [5.74, 6) is 1.77. The molecule has 18 heavy (non-hydrogen) atoms. The highest BCUT2D eigenvalue weighted by atomic mass is 32.1. The molecule has 0 saturated heterocycles. The lowest BCUT2D eigenvalue weighted by atomic mass is 9.93. The molecule has 0 amide bonds. The molecule has 1 saturated carbocycles. The predicted molar refractivity (Wildman–Crippen MR) is 79.1 cm³/mol. The highest BCUT2D eigenvalue weighted by molar-refractivity contribution is 7.09. The Bertz CT molecular complexity index is 361. The summed E-state index contributed by atoms with van der Waals surface area (Å²) in [4.78, 5) is 4.63. The van der Waals surface area contributed by atoms with Crippen molar-refractivity contribution in [3.05, 3.63) is 16.1 Å². The number of aryl methyl sites for hydroxylation is 1. The molecule has 1 fully saturated rings. The number of rotatable bonds is 6. The van der Waals surface area contributed by atoms with Gasteiger partial charge in [0.15, 0.2) is 0 Å². The van der Waals surface area contributed by atoms with Crippen LogP contribution in [0, 0.1) is 18.8 Å². The molecule has 1 aromatic heterocycles. The van der Waals surface area contributed by atoms with Crippen LogP contribution in [0.3, 0.4) is 0 Å². The highest BCUT2D eigenvalue weighted by Gasteiger charge is 2.28. The van der Waals surface area contributed by atoms with Gasteiger partial charge in [-0.3, -0.25) is 0 Å². The zero-order valence-electron chi connectivity index (χ0n) is 11.9. The van der Waals surface area contributed by atoms with Crippen molar-refractivity contribution >= 4 is 11.3 Å². The molecule has 0 spiro atoms. The monoisotopic (exact) mass is 266 g/mol. The molecule has 2 nitrogen and oxygen atoms in total. The summed E-state index contributed by atoms with van der Waals surface area (Å²) < 4.78 is 0. The minimum Gasteiger partial charge on any atom is -0.313 e. The number of thiazole rings is 1. The SMILES string of the molecule is CCCNC(Cc1csc(C)n1)C1CCC(C)C1. The molecule has 1 aromatic rings. The van der Waals surface area contributed by atoms with Gasteiger partial charge in [-0.05, 0) is 44.6 Å². The molecule has 3 heteroatoms. The average Bonchev–Trinajstić information content (AvgIpc) is 2.93. The second-order valence-corrected chi connectivity index (χ2v) is 6.86. The van der Waals surface area contributed by atoms with Crippen molar-refractivity contribution in [2.75, 3.05) is 6.54 Å². The Hall–Kier alpha value is -0.410. The van der Waals surface area contributed by atoms with Gasteiger partial charge in [-0.1, -0.05) is 20.3 Å². The standard InChI is InChI=1S/C15H26N2S/c1-4-7-16-15(13-6-5-11(2)8-13)9-14-10-18-12(3)17-14/h10-11,13,15-16H,4-9H2,1-3H3. The summed E-state index contributed by atoms with van der Waals surface area (Å²) in [6.07, 6.45) is 6.53. The fourth-order valence-corrected chi connectivity index (χ4v) is 3.70. The van der Waals surface area contributed by atoms with E-state index in [-0.39, 0.29) is 0 Å². The van der Waals surface area contributed by atoms with E-state index in [1.54, 1.807) is 11.3 Å². The molecular formula is C15H26N2S. The molecule has 3 unspecified atom stereocenters. The summed E-state index contributed by atoms with van der Waals surface area (Å²) in [7, 11) is 0. The van der Waals surface area contributed by atoms with Crippen LogP contribution in [0.1, 0.15) is 50.2 Å². The van der Waals surface area contributed by atoms with Crippen molar-refractivity contribution in [2.24, 2.45) is 11.8 Å². The summed E-state index contributed by atoms with van der Waals surface area (Å²) >= 11 is 1.77. The molecule has 1 N–H and O–H groups in total. The van der Waals surface area contributed by atoms with Gasteiger partial charge in [-0.15, -0.1) is 11.3 Å². The van der Waals surface area contributed by atoms with Gasteiger partial charge >= 0.3 is 0 Å². The van der Waals surface area contributed by atoms with E-state index in [9.17, 15) is 0 Å². The Morgan fingerprint density at radius 3 is 2.89 bits per heavy atom. The molecule has 1 heterocycles. The first-order chi connectivity index (χ1) is 8.69. The van der Waals surface area contributed by atoms with E-state index in [0.29, 0.717) is 6.04 Å². The zero-order valence-corrected chi connectivity index (χ0v) is 12.7. The topological polar surface area (TPSA) is 24.9 Å². The van der Waals surface area contributed by atoms with Crippen molar-refractivity contribution in [1.82, 2.24) is 10.3 Å². The van der Waals surface area contributed by atoms with Gasteiger partial charge < -0.3 is 5.32 Å². The van der Waals surface area contributed by atoms with Crippen LogP contribution in [0.5, 0.6) is 0 Å². The van der Waals surface area contributed by atoms with Crippen LogP contribution in [0.2, 0.25) is 0 Å². The first-order valence-corrected chi connectivity index (χ1v) is 8.21. The third kappa shape index (κ3) is 3.79. The molecule has 102 valence electrons. The molecule has 0 aliphatic heterocycles. The third-order valence-electron chi connectivity index (χ3n) is 4.06. The van der Waals surface area contributed by atoms with Gasteiger partial charge in [0, 0.05) is 17.8 Å². The fourth-order valence-electron chi connectivity index (χ4n) is 3.08. The Morgan fingerprint density at radius 1 is 1.50 bits per heavy atom. The van der Waals surface area contributed by atoms with E-state index in [1.165, 1.54) is 36.4 Å². The van der Waals surface area contributed by atoms with Crippen LogP contribution in [0.4, 0.5) is 0 Å². The molecule has 0 aromatic carbocycles. The van der Waals surface area contributed by atoms with Crippen LogP contribution in [0.15, 0.2) is 5.38 Å². The minimum absolute atomic E-state index is 0.636. The molecule has 3 atom stereocenters. The number of nitrogens with one attached hydrogen (secondary N) is 1. The van der Waals surface area contributed by atoms with Gasteiger partial charge in [0.25, 0.3) is 0 Å². The minimum atomic E-state index is 0.636. The predicted octanol–water partition coefficient (Wildman–Crippen LogP) is 3.80. The van der Waals surface area contributed by atoms with E-state index < -0.39 is 0 Å².